The fourth-order valence-electron chi connectivity index (χ4n) is 2.21. The predicted octanol–water partition coefficient (Wildman–Crippen LogP) is 2.03. The zero-order chi connectivity index (χ0) is 15.6. The maximum Gasteiger partial charge on any atom is 0.267 e. The van der Waals surface area contributed by atoms with Crippen molar-refractivity contribution in [3.63, 3.8) is 0 Å². The van der Waals surface area contributed by atoms with Crippen molar-refractivity contribution < 1.29 is 13.2 Å². The summed E-state index contributed by atoms with van der Waals surface area (Å²) in [4.78, 5) is 12.6. The van der Waals surface area contributed by atoms with Gasteiger partial charge in [0.05, 0.1) is 9.77 Å². The van der Waals surface area contributed by atoms with E-state index in [-0.39, 0.29) is 10.8 Å². The molecule has 2 aromatic rings. The average Bonchev–Trinajstić information content (AvgIpc) is 3.19. The van der Waals surface area contributed by atoms with E-state index in [2.05, 4.69) is 15.5 Å². The van der Waals surface area contributed by atoms with Gasteiger partial charge in [-0.1, -0.05) is 17.8 Å². The SMILES string of the molecule is O=C(Nc1nncs1)c1cc(S(=O)(=O)N2CCCCC2)cs1. The van der Waals surface area contributed by atoms with Crippen LogP contribution in [0.3, 0.4) is 0 Å². The Labute approximate surface area is 136 Å². The van der Waals surface area contributed by atoms with Crippen molar-refractivity contribution in [3.8, 4) is 0 Å². The van der Waals surface area contributed by atoms with Crippen molar-refractivity contribution in [3.05, 3.63) is 21.8 Å². The Bertz CT molecular complexity index is 748. The number of thiophene rings is 1. The fraction of sp³-hybridized carbons (Fsp3) is 0.417. The molecular formula is C12H14N4O3S3. The van der Waals surface area contributed by atoms with Gasteiger partial charge in [-0.15, -0.1) is 21.5 Å². The minimum absolute atomic E-state index is 0.182. The molecule has 3 heterocycles. The van der Waals surface area contributed by atoms with Crippen molar-refractivity contribution >= 4 is 43.7 Å². The van der Waals surface area contributed by atoms with Crippen LogP contribution in [0.4, 0.5) is 5.13 Å². The Balaban J connectivity index is 1.76. The van der Waals surface area contributed by atoms with Gasteiger partial charge in [-0.05, 0) is 18.9 Å². The molecule has 0 aliphatic carbocycles. The summed E-state index contributed by atoms with van der Waals surface area (Å²) in [6.45, 7) is 1.09. The van der Waals surface area contributed by atoms with E-state index < -0.39 is 10.0 Å². The maximum absolute atomic E-state index is 12.5. The fourth-order valence-corrected chi connectivity index (χ4v) is 5.33. The van der Waals surface area contributed by atoms with Crippen LogP contribution >= 0.6 is 22.7 Å². The molecule has 22 heavy (non-hydrogen) atoms. The summed E-state index contributed by atoms with van der Waals surface area (Å²) < 4.78 is 26.5. The van der Waals surface area contributed by atoms with Crippen molar-refractivity contribution in [1.82, 2.24) is 14.5 Å². The highest BCUT2D eigenvalue weighted by Crippen LogP contribution is 2.25. The third kappa shape index (κ3) is 3.19. The van der Waals surface area contributed by atoms with Crippen molar-refractivity contribution in [2.24, 2.45) is 0 Å². The molecule has 0 spiro atoms. The molecular weight excluding hydrogens is 344 g/mol. The zero-order valence-corrected chi connectivity index (χ0v) is 14.0. The Morgan fingerprint density at radius 1 is 1.23 bits per heavy atom. The van der Waals surface area contributed by atoms with Crippen LogP contribution in [0.2, 0.25) is 0 Å². The van der Waals surface area contributed by atoms with Crippen molar-refractivity contribution in [2.75, 3.05) is 18.4 Å². The maximum atomic E-state index is 12.5. The molecule has 1 aliphatic rings. The first-order valence-electron chi connectivity index (χ1n) is 6.73. The third-order valence-corrected chi connectivity index (χ3v) is 6.89. The topological polar surface area (TPSA) is 92.3 Å². The van der Waals surface area contributed by atoms with E-state index in [0.717, 1.165) is 30.6 Å². The molecule has 10 heteroatoms. The Morgan fingerprint density at radius 3 is 2.68 bits per heavy atom. The number of nitrogens with one attached hydrogen (secondary N) is 1. The molecule has 0 aromatic carbocycles. The first kappa shape index (κ1) is 15.5. The van der Waals surface area contributed by atoms with Gasteiger partial charge in [0.25, 0.3) is 5.91 Å². The third-order valence-electron chi connectivity index (χ3n) is 3.33. The van der Waals surface area contributed by atoms with Crippen LogP contribution in [0, 0.1) is 0 Å². The average molecular weight is 358 g/mol. The van der Waals surface area contributed by atoms with E-state index >= 15 is 0 Å². The summed E-state index contributed by atoms with van der Waals surface area (Å²) >= 11 is 2.31. The Kier molecular flexibility index (Phi) is 4.52. The largest absolute Gasteiger partial charge is 0.296 e. The summed E-state index contributed by atoms with van der Waals surface area (Å²) in [6.07, 6.45) is 2.83. The molecule has 1 fully saturated rings. The van der Waals surface area contributed by atoms with Gasteiger partial charge in [0.2, 0.25) is 15.2 Å². The molecule has 1 saturated heterocycles. The van der Waals surface area contributed by atoms with E-state index in [1.807, 2.05) is 0 Å². The van der Waals surface area contributed by atoms with Crippen LogP contribution in [0.25, 0.3) is 0 Å². The first-order valence-corrected chi connectivity index (χ1v) is 9.93. The van der Waals surface area contributed by atoms with Crippen LogP contribution < -0.4 is 5.32 Å². The summed E-state index contributed by atoms with van der Waals surface area (Å²) in [5, 5.41) is 11.8. The monoisotopic (exact) mass is 358 g/mol. The molecule has 0 unspecified atom stereocenters. The minimum Gasteiger partial charge on any atom is -0.296 e. The Hall–Kier alpha value is -1.36. The van der Waals surface area contributed by atoms with Gasteiger partial charge < -0.3 is 0 Å². The van der Waals surface area contributed by atoms with Gasteiger partial charge in [-0.3, -0.25) is 10.1 Å². The van der Waals surface area contributed by atoms with Crippen LogP contribution in [-0.2, 0) is 10.0 Å². The summed E-state index contributed by atoms with van der Waals surface area (Å²) in [5.74, 6) is -0.373. The highest BCUT2D eigenvalue weighted by Gasteiger charge is 2.27. The smallest absolute Gasteiger partial charge is 0.267 e. The number of carbonyl (C=O) groups is 1. The number of sulfonamides is 1. The zero-order valence-electron chi connectivity index (χ0n) is 11.6. The molecule has 1 aliphatic heterocycles. The molecule has 0 atom stereocenters. The van der Waals surface area contributed by atoms with Crippen molar-refractivity contribution in [2.45, 2.75) is 24.2 Å². The number of hydrogen-bond donors (Lipinski definition) is 1. The molecule has 0 radical (unpaired) electrons. The number of aromatic nitrogens is 2. The molecule has 1 N–H and O–H groups in total. The quantitative estimate of drug-likeness (QED) is 0.903. The lowest BCUT2D eigenvalue weighted by Crippen LogP contribution is -2.35. The first-order chi connectivity index (χ1) is 10.6. The van der Waals surface area contributed by atoms with Crippen LogP contribution in [-0.4, -0.2) is 41.9 Å². The van der Waals surface area contributed by atoms with E-state index in [1.165, 1.54) is 32.6 Å². The molecule has 2 aromatic heterocycles. The second kappa shape index (κ2) is 6.41. The van der Waals surface area contributed by atoms with Gasteiger partial charge in [-0.2, -0.15) is 4.31 Å². The van der Waals surface area contributed by atoms with Gasteiger partial charge in [0.15, 0.2) is 0 Å². The number of carbonyl (C=O) groups excluding carboxylic acids is 1. The van der Waals surface area contributed by atoms with Crippen LogP contribution in [0.15, 0.2) is 21.9 Å². The van der Waals surface area contributed by atoms with Gasteiger partial charge in [-0.25, -0.2) is 8.42 Å². The second-order valence-electron chi connectivity index (χ2n) is 4.81. The summed E-state index contributed by atoms with van der Waals surface area (Å²) in [6, 6.07) is 1.42. The highest BCUT2D eigenvalue weighted by atomic mass is 32.2. The molecule has 0 bridgehead atoms. The molecule has 3 rings (SSSR count). The Morgan fingerprint density at radius 2 is 2.00 bits per heavy atom. The van der Waals surface area contributed by atoms with E-state index in [0.29, 0.717) is 23.1 Å². The van der Waals surface area contributed by atoms with Gasteiger partial charge in [0, 0.05) is 18.5 Å². The van der Waals surface area contributed by atoms with E-state index in [9.17, 15) is 13.2 Å². The molecule has 118 valence electrons. The number of anilines is 1. The van der Waals surface area contributed by atoms with Gasteiger partial charge in [0.1, 0.15) is 5.51 Å². The van der Waals surface area contributed by atoms with Crippen LogP contribution in [0.5, 0.6) is 0 Å². The van der Waals surface area contributed by atoms with Crippen LogP contribution in [0.1, 0.15) is 28.9 Å². The lowest BCUT2D eigenvalue weighted by Gasteiger charge is -2.25. The standard InChI is InChI=1S/C12H14N4O3S3/c17-11(14-12-15-13-8-21-12)10-6-9(7-20-10)22(18,19)16-4-2-1-3-5-16/h6-8H,1-5H2,(H,14,15,17). The molecule has 1 amide bonds. The second-order valence-corrected chi connectivity index (χ2v) is 8.49. The minimum atomic E-state index is -3.50. The van der Waals surface area contributed by atoms with E-state index in [1.54, 1.807) is 0 Å². The molecule has 7 nitrogen and oxygen atoms in total. The van der Waals surface area contributed by atoms with E-state index in [4.69, 9.17) is 0 Å². The number of nitrogens with zero attached hydrogens (tertiary/aromatic N) is 3. The van der Waals surface area contributed by atoms with Crippen molar-refractivity contribution in [1.29, 1.82) is 0 Å². The normalized spacial score (nSPS) is 16.5. The number of rotatable bonds is 4. The summed E-state index contributed by atoms with van der Waals surface area (Å²) in [7, 11) is -3.50. The lowest BCUT2D eigenvalue weighted by molar-refractivity contribution is 0.103. The number of amides is 1. The summed E-state index contributed by atoms with van der Waals surface area (Å²) in [5.41, 5.74) is 1.51. The highest BCUT2D eigenvalue weighted by molar-refractivity contribution is 7.89. The number of piperidine rings is 1. The number of hydrogen-bond acceptors (Lipinski definition) is 7. The predicted molar refractivity (Wildman–Crippen MR) is 84.8 cm³/mol. The molecule has 0 saturated carbocycles. The van der Waals surface area contributed by atoms with Gasteiger partial charge >= 0.3 is 0 Å². The lowest BCUT2D eigenvalue weighted by atomic mass is 10.2.